The molecule has 264 valence electrons. The number of aliphatic hydroxyl groups is 1. The average Bonchev–Trinajstić information content (AvgIpc) is 3.06. The van der Waals surface area contributed by atoms with Crippen LogP contribution < -0.4 is 0 Å². The summed E-state index contributed by atoms with van der Waals surface area (Å²) in [6.45, 7) is 3.98. The molecule has 46 heavy (non-hydrogen) atoms. The number of rotatable bonds is 33. The van der Waals surface area contributed by atoms with Crippen molar-refractivity contribution in [3.63, 3.8) is 0 Å². The van der Waals surface area contributed by atoms with E-state index in [9.17, 15) is 14.7 Å². The monoisotopic (exact) mass is 643 g/mol. The molecule has 0 amide bonds. The molecule has 0 aromatic rings. The predicted molar refractivity (Wildman–Crippen MR) is 196 cm³/mol. The molecule has 5 nitrogen and oxygen atoms in total. The zero-order valence-electron chi connectivity index (χ0n) is 29.8. The van der Waals surface area contributed by atoms with Gasteiger partial charge in [0.15, 0.2) is 6.10 Å². The Morgan fingerprint density at radius 1 is 0.522 bits per heavy atom. The van der Waals surface area contributed by atoms with Gasteiger partial charge in [-0.2, -0.15) is 0 Å². The maximum Gasteiger partial charge on any atom is 0.306 e. The van der Waals surface area contributed by atoms with Crippen molar-refractivity contribution in [1.29, 1.82) is 0 Å². The first-order valence-corrected chi connectivity index (χ1v) is 18.8. The van der Waals surface area contributed by atoms with E-state index in [1.165, 1.54) is 57.8 Å². The molecular weight excluding hydrogens is 572 g/mol. The van der Waals surface area contributed by atoms with Gasteiger partial charge >= 0.3 is 11.9 Å². The lowest BCUT2D eigenvalue weighted by Gasteiger charge is -2.15. The smallest absolute Gasteiger partial charge is 0.306 e. The first kappa shape index (κ1) is 43.6. The Bertz CT molecular complexity index is 823. The van der Waals surface area contributed by atoms with E-state index in [0.717, 1.165) is 83.5 Å². The van der Waals surface area contributed by atoms with Gasteiger partial charge in [-0.05, 0) is 77.0 Å². The SMILES string of the molecule is CC/C=C\C/C=C\C/C=C\C/C=C\CCCCCCC(=O)OC[C@H](CO)OC(=O)CCCCCCC/C=C\CCCCCCCC. The van der Waals surface area contributed by atoms with Gasteiger partial charge < -0.3 is 14.6 Å². The third-order valence-electron chi connectivity index (χ3n) is 7.80. The second-order valence-electron chi connectivity index (χ2n) is 12.3. The Morgan fingerprint density at radius 2 is 0.935 bits per heavy atom. The van der Waals surface area contributed by atoms with Crippen LogP contribution >= 0.6 is 0 Å². The van der Waals surface area contributed by atoms with E-state index >= 15 is 0 Å². The molecule has 0 radical (unpaired) electrons. The van der Waals surface area contributed by atoms with Crippen LogP contribution in [0.1, 0.15) is 168 Å². The number of aliphatic hydroxyl groups excluding tert-OH is 1. The number of unbranched alkanes of at least 4 members (excludes halogenated alkanes) is 15. The average molecular weight is 643 g/mol. The molecule has 0 saturated carbocycles. The molecule has 0 heterocycles. The van der Waals surface area contributed by atoms with Gasteiger partial charge in [-0.3, -0.25) is 9.59 Å². The Hall–Kier alpha value is -2.40. The van der Waals surface area contributed by atoms with E-state index in [1.807, 2.05) is 0 Å². The standard InChI is InChI=1S/C41H70O5/c1-3-5-7-9-11-13-15-17-19-20-22-23-25-27-29-31-33-35-40(43)45-38-39(37-42)46-41(44)36-34-32-30-28-26-24-21-18-16-14-12-10-8-6-4-2/h5,7,11,13,17-19,21-23,39,42H,3-4,6,8-10,12,14-16,20,24-38H2,1-2H3/b7-5-,13-11-,19-17-,21-18-,23-22-/t39-/m0/s1. The van der Waals surface area contributed by atoms with Crippen molar-refractivity contribution in [3.8, 4) is 0 Å². The van der Waals surface area contributed by atoms with Crippen molar-refractivity contribution in [1.82, 2.24) is 0 Å². The van der Waals surface area contributed by atoms with E-state index in [0.29, 0.717) is 12.8 Å². The number of esters is 2. The van der Waals surface area contributed by atoms with E-state index in [1.54, 1.807) is 0 Å². The fourth-order valence-corrected chi connectivity index (χ4v) is 4.95. The van der Waals surface area contributed by atoms with Crippen molar-refractivity contribution in [2.75, 3.05) is 13.2 Å². The van der Waals surface area contributed by atoms with Gasteiger partial charge in [0.25, 0.3) is 0 Å². The second-order valence-corrected chi connectivity index (χ2v) is 12.3. The normalized spacial score (nSPS) is 12.8. The van der Waals surface area contributed by atoms with Gasteiger partial charge in [0.05, 0.1) is 6.61 Å². The Morgan fingerprint density at radius 3 is 1.43 bits per heavy atom. The summed E-state index contributed by atoms with van der Waals surface area (Å²) in [5.41, 5.74) is 0. The molecule has 0 aliphatic carbocycles. The minimum Gasteiger partial charge on any atom is -0.462 e. The summed E-state index contributed by atoms with van der Waals surface area (Å²) in [6.07, 6.45) is 47.0. The molecule has 0 fully saturated rings. The van der Waals surface area contributed by atoms with Crippen LogP contribution in [-0.2, 0) is 19.1 Å². The maximum absolute atomic E-state index is 12.1. The fraction of sp³-hybridized carbons (Fsp3) is 0.707. The van der Waals surface area contributed by atoms with Crippen LogP contribution in [0.25, 0.3) is 0 Å². The molecule has 0 aromatic carbocycles. The summed E-state index contributed by atoms with van der Waals surface area (Å²) in [5, 5.41) is 9.54. The number of allylic oxidation sites excluding steroid dienone is 10. The van der Waals surface area contributed by atoms with Crippen LogP contribution in [0.3, 0.4) is 0 Å². The molecule has 0 aliphatic heterocycles. The third kappa shape index (κ3) is 34.5. The molecule has 0 bridgehead atoms. The molecule has 0 aromatic heterocycles. The molecule has 0 saturated heterocycles. The van der Waals surface area contributed by atoms with Crippen molar-refractivity contribution < 1.29 is 24.2 Å². The van der Waals surface area contributed by atoms with Crippen LogP contribution in [-0.4, -0.2) is 36.4 Å². The third-order valence-corrected chi connectivity index (χ3v) is 7.80. The minimum atomic E-state index is -0.786. The fourth-order valence-electron chi connectivity index (χ4n) is 4.95. The van der Waals surface area contributed by atoms with E-state index in [2.05, 4.69) is 74.6 Å². The van der Waals surface area contributed by atoms with E-state index < -0.39 is 6.10 Å². The summed E-state index contributed by atoms with van der Waals surface area (Å²) in [7, 11) is 0. The van der Waals surface area contributed by atoms with Crippen molar-refractivity contribution in [3.05, 3.63) is 60.8 Å². The second kappa shape index (κ2) is 37.1. The molecule has 0 aliphatic rings. The highest BCUT2D eigenvalue weighted by Crippen LogP contribution is 2.11. The topological polar surface area (TPSA) is 72.8 Å². The molecule has 0 spiro atoms. The number of ether oxygens (including phenoxy) is 2. The summed E-state index contributed by atoms with van der Waals surface area (Å²) in [5.74, 6) is -0.633. The Labute approximate surface area is 283 Å². The van der Waals surface area contributed by atoms with Crippen LogP contribution in [0.4, 0.5) is 0 Å². The van der Waals surface area contributed by atoms with Crippen LogP contribution in [0.5, 0.6) is 0 Å². The van der Waals surface area contributed by atoms with Crippen molar-refractivity contribution in [2.45, 2.75) is 174 Å². The summed E-state index contributed by atoms with van der Waals surface area (Å²) < 4.78 is 10.6. The lowest BCUT2D eigenvalue weighted by Crippen LogP contribution is -2.28. The summed E-state index contributed by atoms with van der Waals surface area (Å²) >= 11 is 0. The lowest BCUT2D eigenvalue weighted by molar-refractivity contribution is -0.161. The van der Waals surface area contributed by atoms with Crippen molar-refractivity contribution >= 4 is 11.9 Å². The van der Waals surface area contributed by atoms with E-state index in [-0.39, 0.29) is 25.2 Å². The molecule has 5 heteroatoms. The molecule has 0 unspecified atom stereocenters. The zero-order valence-corrected chi connectivity index (χ0v) is 29.8. The molecular formula is C41H70O5. The van der Waals surface area contributed by atoms with Gasteiger partial charge in [-0.25, -0.2) is 0 Å². The molecule has 1 atom stereocenters. The first-order chi connectivity index (χ1) is 22.6. The largest absolute Gasteiger partial charge is 0.462 e. The summed E-state index contributed by atoms with van der Waals surface area (Å²) in [4.78, 5) is 24.2. The van der Waals surface area contributed by atoms with E-state index in [4.69, 9.17) is 9.47 Å². The Kier molecular flexibility index (Phi) is 35.1. The van der Waals surface area contributed by atoms with Gasteiger partial charge in [-0.15, -0.1) is 0 Å². The highest BCUT2D eigenvalue weighted by molar-refractivity contribution is 5.70. The first-order valence-electron chi connectivity index (χ1n) is 18.8. The quantitative estimate of drug-likeness (QED) is 0.0438. The molecule has 1 N–H and O–H groups in total. The van der Waals surface area contributed by atoms with Gasteiger partial charge in [0.1, 0.15) is 6.61 Å². The highest BCUT2D eigenvalue weighted by Gasteiger charge is 2.16. The summed E-state index contributed by atoms with van der Waals surface area (Å²) in [6, 6.07) is 0. The van der Waals surface area contributed by atoms with Gasteiger partial charge in [0.2, 0.25) is 0 Å². The minimum absolute atomic E-state index is 0.0840. The number of carbonyl (C=O) groups excluding carboxylic acids is 2. The Balaban J connectivity index is 3.64. The van der Waals surface area contributed by atoms with Crippen molar-refractivity contribution in [2.24, 2.45) is 0 Å². The lowest BCUT2D eigenvalue weighted by atomic mass is 10.1. The highest BCUT2D eigenvalue weighted by atomic mass is 16.6. The molecule has 0 rings (SSSR count). The maximum atomic E-state index is 12.1. The van der Waals surface area contributed by atoms with Gasteiger partial charge in [0, 0.05) is 12.8 Å². The van der Waals surface area contributed by atoms with Crippen LogP contribution in [0.15, 0.2) is 60.8 Å². The number of hydrogen-bond acceptors (Lipinski definition) is 5. The van der Waals surface area contributed by atoms with Gasteiger partial charge in [-0.1, -0.05) is 139 Å². The zero-order chi connectivity index (χ0) is 33.6. The van der Waals surface area contributed by atoms with Crippen LogP contribution in [0.2, 0.25) is 0 Å². The number of hydrogen-bond donors (Lipinski definition) is 1. The predicted octanol–water partition coefficient (Wildman–Crippen LogP) is 11.6. The van der Waals surface area contributed by atoms with Crippen LogP contribution in [0, 0.1) is 0 Å². The number of carbonyl (C=O) groups is 2.